The molecule has 0 amide bonds. The number of hydrogen-bond donors (Lipinski definition) is 0. The van der Waals surface area contributed by atoms with Crippen molar-refractivity contribution in [1.29, 1.82) is 0 Å². The Morgan fingerprint density at radius 3 is 2.18 bits per heavy atom. The molecule has 5 heteroatoms. The van der Waals surface area contributed by atoms with E-state index >= 15 is 0 Å². The topological polar surface area (TPSA) is 44.8 Å². The van der Waals surface area contributed by atoms with E-state index in [0.29, 0.717) is 5.75 Å². The third kappa shape index (κ3) is 3.58. The van der Waals surface area contributed by atoms with E-state index in [-0.39, 0.29) is 12.7 Å². The second-order valence-electron chi connectivity index (χ2n) is 5.17. The third-order valence-electron chi connectivity index (χ3n) is 3.54. The highest BCUT2D eigenvalue weighted by Gasteiger charge is 2.35. The molecule has 4 nitrogen and oxygen atoms in total. The summed E-state index contributed by atoms with van der Waals surface area (Å²) in [5.41, 5.74) is 2.46. The summed E-state index contributed by atoms with van der Waals surface area (Å²) in [5.74, 6) is 0.481. The van der Waals surface area contributed by atoms with E-state index in [1.807, 2.05) is 30.3 Å². The third-order valence-corrected chi connectivity index (χ3v) is 5.10. The van der Waals surface area contributed by atoms with Gasteiger partial charge in [-0.05, 0) is 43.0 Å². The number of hydrogen-bond acceptors (Lipinski definition) is 4. The van der Waals surface area contributed by atoms with Gasteiger partial charge < -0.3 is 4.52 Å². The van der Waals surface area contributed by atoms with Crippen LogP contribution in [0.1, 0.15) is 18.1 Å². The van der Waals surface area contributed by atoms with E-state index in [2.05, 4.69) is 12.1 Å². The van der Waals surface area contributed by atoms with E-state index in [0.717, 1.165) is 12.8 Å². The number of fused-ring (bicyclic) bond motifs is 1. The van der Waals surface area contributed by atoms with E-state index in [9.17, 15) is 4.57 Å². The standard InChI is InChI=1S/C17H19O4P/c1-2-19-22(18,20-16-10-4-3-5-11-16)21-17-12-14-8-6-7-9-15(14)13-17/h3-11,17H,2,12-13H2,1H3. The normalized spacial score (nSPS) is 17.0. The van der Waals surface area contributed by atoms with Gasteiger partial charge in [-0.3, -0.25) is 9.05 Å². The predicted octanol–water partition coefficient (Wildman–Crippen LogP) is 4.39. The Kier molecular flexibility index (Phi) is 4.63. The van der Waals surface area contributed by atoms with Crippen molar-refractivity contribution in [2.75, 3.05) is 6.61 Å². The van der Waals surface area contributed by atoms with Gasteiger partial charge in [0.1, 0.15) is 5.75 Å². The Morgan fingerprint density at radius 1 is 1.00 bits per heavy atom. The average molecular weight is 318 g/mol. The lowest BCUT2D eigenvalue weighted by Crippen LogP contribution is -2.14. The first-order chi connectivity index (χ1) is 10.7. The lowest BCUT2D eigenvalue weighted by molar-refractivity contribution is 0.117. The summed E-state index contributed by atoms with van der Waals surface area (Å²) in [4.78, 5) is 0. The molecular weight excluding hydrogens is 299 g/mol. The summed E-state index contributed by atoms with van der Waals surface area (Å²) in [7, 11) is -3.62. The van der Waals surface area contributed by atoms with Crippen molar-refractivity contribution in [3.05, 3.63) is 65.7 Å². The monoisotopic (exact) mass is 318 g/mol. The van der Waals surface area contributed by atoms with Crippen LogP contribution < -0.4 is 4.52 Å². The van der Waals surface area contributed by atoms with Crippen molar-refractivity contribution >= 4 is 7.82 Å². The fourth-order valence-electron chi connectivity index (χ4n) is 2.62. The molecule has 0 bridgehead atoms. The van der Waals surface area contributed by atoms with Crippen LogP contribution in [0.15, 0.2) is 54.6 Å². The fourth-order valence-corrected chi connectivity index (χ4v) is 3.99. The molecule has 1 aliphatic carbocycles. The van der Waals surface area contributed by atoms with Crippen molar-refractivity contribution in [3.8, 4) is 5.75 Å². The molecule has 1 aliphatic rings. The maximum Gasteiger partial charge on any atom is 0.530 e. The Bertz CT molecular complexity index is 646. The molecule has 0 saturated carbocycles. The SMILES string of the molecule is CCOP(=O)(Oc1ccccc1)OC1Cc2ccccc2C1. The van der Waals surface area contributed by atoms with Crippen molar-refractivity contribution in [2.45, 2.75) is 25.9 Å². The maximum absolute atomic E-state index is 12.8. The summed E-state index contributed by atoms with van der Waals surface area (Å²) in [5, 5.41) is 0. The van der Waals surface area contributed by atoms with Gasteiger partial charge >= 0.3 is 7.82 Å². The molecule has 2 aromatic rings. The second kappa shape index (κ2) is 6.66. The number of phosphoric ester groups is 1. The molecule has 0 saturated heterocycles. The molecule has 3 rings (SSSR count). The number of para-hydroxylation sites is 1. The van der Waals surface area contributed by atoms with Gasteiger partial charge in [0.05, 0.1) is 12.7 Å². The minimum absolute atomic E-state index is 0.182. The fraction of sp³-hybridized carbons (Fsp3) is 0.294. The van der Waals surface area contributed by atoms with Crippen molar-refractivity contribution in [2.24, 2.45) is 0 Å². The lowest BCUT2D eigenvalue weighted by atomic mass is 10.1. The van der Waals surface area contributed by atoms with Crippen LogP contribution in [0.25, 0.3) is 0 Å². The van der Waals surface area contributed by atoms with Gasteiger partial charge in [0.15, 0.2) is 0 Å². The van der Waals surface area contributed by atoms with Crippen LogP contribution in [0.5, 0.6) is 5.75 Å². The molecular formula is C17H19O4P. The molecule has 0 spiro atoms. The minimum atomic E-state index is -3.62. The summed E-state index contributed by atoms with van der Waals surface area (Å²) < 4.78 is 29.4. The predicted molar refractivity (Wildman–Crippen MR) is 85.0 cm³/mol. The highest BCUT2D eigenvalue weighted by molar-refractivity contribution is 7.49. The largest absolute Gasteiger partial charge is 0.530 e. The summed E-state index contributed by atoms with van der Waals surface area (Å²) in [6.45, 7) is 2.04. The zero-order chi connectivity index (χ0) is 15.4. The van der Waals surface area contributed by atoms with E-state index in [1.54, 1.807) is 19.1 Å². The minimum Gasteiger partial charge on any atom is -0.404 e. The van der Waals surface area contributed by atoms with Crippen LogP contribution in [0, 0.1) is 0 Å². The molecule has 116 valence electrons. The van der Waals surface area contributed by atoms with E-state index in [4.69, 9.17) is 13.6 Å². The summed E-state index contributed by atoms with van der Waals surface area (Å²) >= 11 is 0. The van der Waals surface area contributed by atoms with Crippen LogP contribution >= 0.6 is 7.82 Å². The molecule has 2 aromatic carbocycles. The van der Waals surface area contributed by atoms with Crippen LogP contribution in [-0.2, 0) is 26.5 Å². The number of phosphoric acid groups is 1. The van der Waals surface area contributed by atoms with Gasteiger partial charge in [-0.2, -0.15) is 0 Å². The van der Waals surface area contributed by atoms with Crippen molar-refractivity contribution < 1.29 is 18.1 Å². The molecule has 0 N–H and O–H groups in total. The molecule has 1 atom stereocenters. The van der Waals surface area contributed by atoms with Crippen molar-refractivity contribution in [3.63, 3.8) is 0 Å². The van der Waals surface area contributed by atoms with Crippen LogP contribution in [0.2, 0.25) is 0 Å². The Hall–Kier alpha value is -1.61. The van der Waals surface area contributed by atoms with Crippen LogP contribution in [-0.4, -0.2) is 12.7 Å². The molecule has 1 unspecified atom stereocenters. The van der Waals surface area contributed by atoms with Gasteiger partial charge in [-0.15, -0.1) is 0 Å². The number of rotatable bonds is 6. The first kappa shape index (κ1) is 15.3. The molecule has 22 heavy (non-hydrogen) atoms. The van der Waals surface area contributed by atoms with Crippen LogP contribution in [0.4, 0.5) is 0 Å². The van der Waals surface area contributed by atoms with Gasteiger partial charge in [-0.1, -0.05) is 42.5 Å². The Morgan fingerprint density at radius 2 is 1.59 bits per heavy atom. The van der Waals surface area contributed by atoms with Crippen LogP contribution in [0.3, 0.4) is 0 Å². The van der Waals surface area contributed by atoms with Gasteiger partial charge in [0.25, 0.3) is 0 Å². The van der Waals surface area contributed by atoms with Gasteiger partial charge in [0, 0.05) is 0 Å². The molecule has 0 aliphatic heterocycles. The first-order valence-corrected chi connectivity index (χ1v) is 8.89. The first-order valence-electron chi connectivity index (χ1n) is 7.43. The highest BCUT2D eigenvalue weighted by atomic mass is 31.2. The quantitative estimate of drug-likeness (QED) is 0.741. The van der Waals surface area contributed by atoms with Gasteiger partial charge in [-0.25, -0.2) is 4.57 Å². The Labute approximate surface area is 130 Å². The number of benzene rings is 2. The molecule has 0 fully saturated rings. The summed E-state index contributed by atoms with van der Waals surface area (Å²) in [6, 6.07) is 17.1. The molecule has 0 aromatic heterocycles. The molecule has 0 heterocycles. The smallest absolute Gasteiger partial charge is 0.404 e. The highest BCUT2D eigenvalue weighted by Crippen LogP contribution is 2.51. The second-order valence-corrected chi connectivity index (χ2v) is 6.72. The lowest BCUT2D eigenvalue weighted by Gasteiger charge is -2.21. The zero-order valence-corrected chi connectivity index (χ0v) is 13.4. The van der Waals surface area contributed by atoms with Crippen molar-refractivity contribution in [1.82, 2.24) is 0 Å². The molecule has 0 radical (unpaired) electrons. The maximum atomic E-state index is 12.8. The van der Waals surface area contributed by atoms with Gasteiger partial charge in [0.2, 0.25) is 0 Å². The average Bonchev–Trinajstić information content (AvgIpc) is 2.89. The van der Waals surface area contributed by atoms with E-state index in [1.165, 1.54) is 11.1 Å². The summed E-state index contributed by atoms with van der Waals surface area (Å²) in [6.07, 6.45) is 1.27. The van der Waals surface area contributed by atoms with E-state index < -0.39 is 7.82 Å². The zero-order valence-electron chi connectivity index (χ0n) is 12.5. The Balaban J connectivity index is 1.71.